The van der Waals surface area contributed by atoms with Crippen LogP contribution in [0, 0.1) is 10.1 Å². The van der Waals surface area contributed by atoms with Crippen molar-refractivity contribution in [1.82, 2.24) is 18.9 Å². The zero-order valence-corrected chi connectivity index (χ0v) is 16.4. The number of nitrogens with zero attached hydrogens (tertiary/aromatic N) is 5. The molecule has 0 radical (unpaired) electrons. The Morgan fingerprint density at radius 2 is 2.07 bits per heavy atom. The molecule has 0 spiro atoms. The SMILES string of the molecule is COc1cc([N+](=O)[O-])ccc1S(=O)(=O)N1CCC[C@@H](c2nnc3ccccn23)C1. The second-order valence-electron chi connectivity index (χ2n) is 6.78. The molecule has 0 aliphatic carbocycles. The predicted octanol–water partition coefficient (Wildman–Crippen LogP) is 2.21. The average molecular weight is 417 g/mol. The monoisotopic (exact) mass is 417 g/mol. The van der Waals surface area contributed by atoms with Gasteiger partial charge in [-0.25, -0.2) is 8.42 Å². The van der Waals surface area contributed by atoms with E-state index in [1.807, 2.05) is 28.8 Å². The van der Waals surface area contributed by atoms with Gasteiger partial charge in [0.05, 0.1) is 18.1 Å². The minimum Gasteiger partial charge on any atom is -0.495 e. The topological polar surface area (TPSA) is 120 Å². The highest BCUT2D eigenvalue weighted by Gasteiger charge is 2.35. The molecule has 29 heavy (non-hydrogen) atoms. The highest BCUT2D eigenvalue weighted by atomic mass is 32.2. The van der Waals surface area contributed by atoms with Gasteiger partial charge in [0.2, 0.25) is 10.0 Å². The van der Waals surface area contributed by atoms with E-state index in [9.17, 15) is 18.5 Å². The van der Waals surface area contributed by atoms with Crippen LogP contribution >= 0.6 is 0 Å². The zero-order valence-electron chi connectivity index (χ0n) is 15.6. The number of sulfonamides is 1. The summed E-state index contributed by atoms with van der Waals surface area (Å²) in [5.74, 6) is 0.561. The van der Waals surface area contributed by atoms with Crippen molar-refractivity contribution in [3.63, 3.8) is 0 Å². The van der Waals surface area contributed by atoms with Gasteiger partial charge >= 0.3 is 0 Å². The quantitative estimate of drug-likeness (QED) is 0.461. The zero-order chi connectivity index (χ0) is 20.6. The third-order valence-corrected chi connectivity index (χ3v) is 6.97. The summed E-state index contributed by atoms with van der Waals surface area (Å²) in [5.41, 5.74) is 0.478. The van der Waals surface area contributed by atoms with E-state index in [0.29, 0.717) is 18.6 Å². The Balaban J connectivity index is 1.66. The molecular weight excluding hydrogens is 398 g/mol. The second-order valence-corrected chi connectivity index (χ2v) is 8.69. The Morgan fingerprint density at radius 3 is 2.83 bits per heavy atom. The molecule has 4 rings (SSSR count). The first-order valence-electron chi connectivity index (χ1n) is 9.04. The molecule has 1 aromatic carbocycles. The number of nitro groups is 1. The largest absolute Gasteiger partial charge is 0.495 e. The molecule has 0 bridgehead atoms. The molecule has 3 aromatic rings. The Kier molecular flexibility index (Phi) is 4.92. The van der Waals surface area contributed by atoms with Crippen LogP contribution in [0.5, 0.6) is 5.75 Å². The summed E-state index contributed by atoms with van der Waals surface area (Å²) >= 11 is 0. The number of non-ortho nitro benzene ring substituents is 1. The van der Waals surface area contributed by atoms with Gasteiger partial charge in [-0.15, -0.1) is 10.2 Å². The van der Waals surface area contributed by atoms with Crippen molar-refractivity contribution in [3.05, 3.63) is 58.5 Å². The number of fused-ring (bicyclic) bond motifs is 1. The second kappa shape index (κ2) is 7.41. The molecule has 1 atom stereocenters. The smallest absolute Gasteiger partial charge is 0.273 e. The first-order valence-corrected chi connectivity index (χ1v) is 10.5. The summed E-state index contributed by atoms with van der Waals surface area (Å²) in [7, 11) is -2.61. The summed E-state index contributed by atoms with van der Waals surface area (Å²) in [5, 5.41) is 19.4. The lowest BCUT2D eigenvalue weighted by Crippen LogP contribution is -2.39. The minimum absolute atomic E-state index is 0.0470. The number of hydrogen-bond acceptors (Lipinski definition) is 7. The van der Waals surface area contributed by atoms with Crippen molar-refractivity contribution in [1.29, 1.82) is 0 Å². The van der Waals surface area contributed by atoms with Crippen LogP contribution in [0.3, 0.4) is 0 Å². The molecule has 2 aromatic heterocycles. The standard InChI is InChI=1S/C18H19N5O5S/c1-28-15-11-14(23(24)25)7-8-16(15)29(26,27)21-9-4-5-13(12-21)18-20-19-17-6-2-3-10-22(17)18/h2-3,6-8,10-11,13H,4-5,9,12H2,1H3/t13-/m1/s1. The maximum Gasteiger partial charge on any atom is 0.273 e. The molecule has 1 fully saturated rings. The summed E-state index contributed by atoms with van der Waals surface area (Å²) in [6, 6.07) is 9.10. The number of rotatable bonds is 5. The fraction of sp³-hybridized carbons (Fsp3) is 0.333. The number of aromatic nitrogens is 3. The Hall–Kier alpha value is -3.05. The molecule has 0 saturated carbocycles. The van der Waals surface area contributed by atoms with E-state index in [1.54, 1.807) is 0 Å². The average Bonchev–Trinajstić information content (AvgIpc) is 3.17. The van der Waals surface area contributed by atoms with E-state index >= 15 is 0 Å². The van der Waals surface area contributed by atoms with E-state index in [-0.39, 0.29) is 28.8 Å². The van der Waals surface area contributed by atoms with Crippen molar-refractivity contribution in [2.24, 2.45) is 0 Å². The van der Waals surface area contributed by atoms with Crippen molar-refractivity contribution in [2.45, 2.75) is 23.7 Å². The van der Waals surface area contributed by atoms with Gasteiger partial charge in [-0.1, -0.05) is 6.07 Å². The summed E-state index contributed by atoms with van der Waals surface area (Å²) in [4.78, 5) is 10.3. The van der Waals surface area contributed by atoms with Crippen LogP contribution in [0.25, 0.3) is 5.65 Å². The highest BCUT2D eigenvalue weighted by Crippen LogP contribution is 2.34. The Labute approximate surface area is 166 Å². The molecule has 1 saturated heterocycles. The molecule has 152 valence electrons. The van der Waals surface area contributed by atoms with Gasteiger partial charge < -0.3 is 4.74 Å². The number of pyridine rings is 1. The maximum absolute atomic E-state index is 13.3. The van der Waals surface area contributed by atoms with Crippen molar-refractivity contribution in [3.8, 4) is 5.75 Å². The molecule has 3 heterocycles. The van der Waals surface area contributed by atoms with Gasteiger partial charge in [-0.3, -0.25) is 14.5 Å². The molecule has 0 amide bonds. The van der Waals surface area contributed by atoms with Crippen LogP contribution in [0.1, 0.15) is 24.6 Å². The Morgan fingerprint density at radius 1 is 1.24 bits per heavy atom. The molecule has 0 N–H and O–H groups in total. The van der Waals surface area contributed by atoms with Gasteiger partial charge in [-0.05, 0) is 31.0 Å². The summed E-state index contributed by atoms with van der Waals surface area (Å²) < 4.78 is 34.9. The lowest BCUT2D eigenvalue weighted by Gasteiger charge is -2.31. The van der Waals surface area contributed by atoms with Gasteiger partial charge in [0, 0.05) is 31.3 Å². The molecule has 1 aliphatic heterocycles. The number of methoxy groups -OCH3 is 1. The van der Waals surface area contributed by atoms with Crippen molar-refractivity contribution >= 4 is 21.4 Å². The number of benzene rings is 1. The third kappa shape index (κ3) is 3.42. The molecule has 10 nitrogen and oxygen atoms in total. The number of ether oxygens (including phenoxy) is 1. The number of piperidine rings is 1. The number of hydrogen-bond donors (Lipinski definition) is 0. The first-order chi connectivity index (χ1) is 13.9. The lowest BCUT2D eigenvalue weighted by molar-refractivity contribution is -0.385. The van der Waals surface area contributed by atoms with Gasteiger partial charge in [0.25, 0.3) is 5.69 Å². The Bertz CT molecular complexity index is 1180. The van der Waals surface area contributed by atoms with E-state index < -0.39 is 14.9 Å². The normalized spacial score (nSPS) is 18.0. The predicted molar refractivity (Wildman–Crippen MR) is 103 cm³/mol. The van der Waals surface area contributed by atoms with E-state index in [2.05, 4.69) is 10.2 Å². The van der Waals surface area contributed by atoms with Crippen LogP contribution < -0.4 is 4.74 Å². The summed E-state index contributed by atoms with van der Waals surface area (Å²) in [6.45, 7) is 0.605. The highest BCUT2D eigenvalue weighted by molar-refractivity contribution is 7.89. The van der Waals surface area contributed by atoms with Crippen LogP contribution in [-0.2, 0) is 10.0 Å². The van der Waals surface area contributed by atoms with Gasteiger partial charge in [0.15, 0.2) is 5.65 Å². The van der Waals surface area contributed by atoms with Crippen molar-refractivity contribution in [2.75, 3.05) is 20.2 Å². The van der Waals surface area contributed by atoms with Crippen LogP contribution in [0.2, 0.25) is 0 Å². The molecule has 0 unspecified atom stereocenters. The first kappa shape index (κ1) is 19.3. The van der Waals surface area contributed by atoms with Gasteiger partial charge in [0.1, 0.15) is 16.5 Å². The number of nitro benzene ring substituents is 1. The lowest BCUT2D eigenvalue weighted by atomic mass is 9.99. The van der Waals surface area contributed by atoms with Crippen molar-refractivity contribution < 1.29 is 18.1 Å². The fourth-order valence-electron chi connectivity index (χ4n) is 3.63. The van der Waals surface area contributed by atoms with Crippen LogP contribution in [-0.4, -0.2) is 52.4 Å². The van der Waals surface area contributed by atoms with E-state index in [0.717, 1.165) is 18.3 Å². The maximum atomic E-state index is 13.3. The minimum atomic E-state index is -3.90. The van der Waals surface area contributed by atoms with E-state index in [1.165, 1.54) is 23.5 Å². The molecule has 1 aliphatic rings. The van der Waals surface area contributed by atoms with Crippen LogP contribution in [0.4, 0.5) is 5.69 Å². The van der Waals surface area contributed by atoms with Gasteiger partial charge in [-0.2, -0.15) is 4.31 Å². The molecule has 11 heteroatoms. The molecular formula is C18H19N5O5S. The van der Waals surface area contributed by atoms with E-state index in [4.69, 9.17) is 4.74 Å². The summed E-state index contributed by atoms with van der Waals surface area (Å²) in [6.07, 6.45) is 3.32. The van der Waals surface area contributed by atoms with Crippen LogP contribution in [0.15, 0.2) is 47.5 Å². The third-order valence-electron chi connectivity index (χ3n) is 5.07. The fourth-order valence-corrected chi connectivity index (χ4v) is 5.29.